The van der Waals surface area contributed by atoms with Crippen molar-refractivity contribution in [2.75, 3.05) is 18.1 Å². The van der Waals surface area contributed by atoms with Gasteiger partial charge < -0.3 is 19.2 Å². The first-order valence-corrected chi connectivity index (χ1v) is 11.5. The maximum Gasteiger partial charge on any atom is 0.229 e. The number of furan rings is 1. The van der Waals surface area contributed by atoms with Crippen molar-refractivity contribution >= 4 is 28.0 Å². The maximum atomic E-state index is 9.76. The van der Waals surface area contributed by atoms with Crippen molar-refractivity contribution in [2.24, 2.45) is 0 Å². The summed E-state index contributed by atoms with van der Waals surface area (Å²) in [6, 6.07) is 10.1. The van der Waals surface area contributed by atoms with Gasteiger partial charge in [-0.05, 0) is 30.9 Å². The zero-order chi connectivity index (χ0) is 23.2. The third-order valence-corrected chi connectivity index (χ3v) is 6.27. The van der Waals surface area contributed by atoms with Crippen LogP contribution in [0.3, 0.4) is 0 Å². The molecule has 4 aromatic rings. The van der Waals surface area contributed by atoms with Gasteiger partial charge in [-0.2, -0.15) is 0 Å². The fourth-order valence-electron chi connectivity index (χ4n) is 4.71. The average Bonchev–Trinajstić information content (AvgIpc) is 3.17. The summed E-state index contributed by atoms with van der Waals surface area (Å²) >= 11 is 0. The zero-order valence-electron chi connectivity index (χ0n) is 19.6. The number of benzene rings is 1. The number of aliphatic hydroxyl groups is 1. The molecular formula is C26H30N4O3. The Bertz CT molecular complexity index is 1300. The van der Waals surface area contributed by atoms with Crippen LogP contribution in [0.15, 0.2) is 41.1 Å². The first kappa shape index (κ1) is 21.8. The molecule has 5 rings (SSSR count). The van der Waals surface area contributed by atoms with Crippen LogP contribution >= 0.6 is 0 Å². The predicted octanol–water partition coefficient (Wildman–Crippen LogP) is 4.74. The summed E-state index contributed by atoms with van der Waals surface area (Å²) in [4.78, 5) is 16.2. The second-order valence-electron chi connectivity index (χ2n) is 9.62. The first-order valence-electron chi connectivity index (χ1n) is 11.5. The van der Waals surface area contributed by atoms with Crippen molar-refractivity contribution in [1.29, 1.82) is 0 Å². The SMILES string of the molecule is CC(C)c1nc2oc3c(N(CCO)Cc4ccccc4)ncnc3c2c2c1COC(C)(C)C2. The zero-order valence-corrected chi connectivity index (χ0v) is 19.6. The molecule has 0 saturated heterocycles. The summed E-state index contributed by atoms with van der Waals surface area (Å²) in [5.74, 6) is 0.915. The van der Waals surface area contributed by atoms with Gasteiger partial charge in [0.2, 0.25) is 5.71 Å². The minimum Gasteiger partial charge on any atom is -0.432 e. The highest BCUT2D eigenvalue weighted by Gasteiger charge is 2.33. The van der Waals surface area contributed by atoms with E-state index in [2.05, 4.69) is 49.8 Å². The van der Waals surface area contributed by atoms with Crippen LogP contribution in [0, 0.1) is 0 Å². The number of aromatic nitrogens is 3. The molecule has 7 heteroatoms. The van der Waals surface area contributed by atoms with E-state index in [1.165, 1.54) is 5.56 Å². The Kier molecular flexibility index (Phi) is 5.54. The number of nitrogens with zero attached hydrogens (tertiary/aromatic N) is 4. The van der Waals surface area contributed by atoms with E-state index in [1.54, 1.807) is 6.33 Å². The maximum absolute atomic E-state index is 9.76. The van der Waals surface area contributed by atoms with Crippen molar-refractivity contribution in [1.82, 2.24) is 15.0 Å². The van der Waals surface area contributed by atoms with Crippen LogP contribution in [0.2, 0.25) is 0 Å². The first-order chi connectivity index (χ1) is 15.9. The van der Waals surface area contributed by atoms with E-state index in [0.29, 0.717) is 36.8 Å². The van der Waals surface area contributed by atoms with Crippen LogP contribution in [0.5, 0.6) is 0 Å². The van der Waals surface area contributed by atoms with Gasteiger partial charge in [0, 0.05) is 25.1 Å². The fourth-order valence-corrected chi connectivity index (χ4v) is 4.71. The van der Waals surface area contributed by atoms with Crippen molar-refractivity contribution in [2.45, 2.75) is 58.8 Å². The van der Waals surface area contributed by atoms with Gasteiger partial charge in [0.15, 0.2) is 11.4 Å². The van der Waals surface area contributed by atoms with E-state index in [-0.39, 0.29) is 18.1 Å². The number of hydrogen-bond acceptors (Lipinski definition) is 7. The Morgan fingerprint density at radius 3 is 2.64 bits per heavy atom. The van der Waals surface area contributed by atoms with Gasteiger partial charge in [-0.1, -0.05) is 44.2 Å². The van der Waals surface area contributed by atoms with Crippen LogP contribution in [0.25, 0.3) is 22.2 Å². The number of rotatable bonds is 6. The summed E-state index contributed by atoms with van der Waals surface area (Å²) in [5, 5.41) is 10.7. The highest BCUT2D eigenvalue weighted by atomic mass is 16.5. The molecule has 0 radical (unpaired) electrons. The lowest BCUT2D eigenvalue weighted by molar-refractivity contribution is -0.0402. The Morgan fingerprint density at radius 1 is 1.12 bits per heavy atom. The quantitative estimate of drug-likeness (QED) is 0.458. The van der Waals surface area contributed by atoms with E-state index < -0.39 is 0 Å². The lowest BCUT2D eigenvalue weighted by Crippen LogP contribution is -2.33. The largest absolute Gasteiger partial charge is 0.432 e. The molecule has 0 spiro atoms. The van der Waals surface area contributed by atoms with Gasteiger partial charge in [-0.3, -0.25) is 0 Å². The van der Waals surface area contributed by atoms with Crippen LogP contribution in [0.4, 0.5) is 5.82 Å². The normalized spacial score (nSPS) is 15.3. The van der Waals surface area contributed by atoms with Gasteiger partial charge in [0.05, 0.1) is 29.9 Å². The molecule has 172 valence electrons. The minimum atomic E-state index is -0.273. The standard InChI is InChI=1S/C26H30N4O3/c1-16(2)21-19-14-32-26(3,4)12-18(19)20-22-23(33-25(20)29-21)24(28-15-27-22)30(10-11-31)13-17-8-6-5-7-9-17/h5-9,15-16,31H,10-14H2,1-4H3. The van der Waals surface area contributed by atoms with Crippen molar-refractivity contribution < 1.29 is 14.3 Å². The van der Waals surface area contributed by atoms with Crippen LogP contribution in [-0.4, -0.2) is 38.8 Å². The molecule has 0 atom stereocenters. The molecule has 33 heavy (non-hydrogen) atoms. The molecule has 3 aromatic heterocycles. The van der Waals surface area contributed by atoms with E-state index in [1.807, 2.05) is 23.1 Å². The Labute approximate surface area is 193 Å². The molecule has 0 amide bonds. The van der Waals surface area contributed by atoms with Crippen LogP contribution in [-0.2, 0) is 24.3 Å². The molecule has 7 nitrogen and oxygen atoms in total. The Balaban J connectivity index is 1.72. The van der Waals surface area contributed by atoms with Gasteiger partial charge in [0.25, 0.3) is 0 Å². The van der Waals surface area contributed by atoms with Crippen molar-refractivity contribution in [3.05, 3.63) is 59.0 Å². The molecule has 0 bridgehead atoms. The lowest BCUT2D eigenvalue weighted by atomic mass is 9.87. The van der Waals surface area contributed by atoms with Crippen LogP contribution in [0.1, 0.15) is 56.0 Å². The number of ether oxygens (including phenoxy) is 1. The molecular weight excluding hydrogens is 416 g/mol. The number of fused-ring (bicyclic) bond motifs is 5. The van der Waals surface area contributed by atoms with Gasteiger partial charge >= 0.3 is 0 Å². The van der Waals surface area contributed by atoms with E-state index in [9.17, 15) is 5.11 Å². The highest BCUT2D eigenvalue weighted by Crippen LogP contribution is 2.41. The molecule has 0 unspecified atom stereocenters. The predicted molar refractivity (Wildman–Crippen MR) is 128 cm³/mol. The number of anilines is 1. The monoisotopic (exact) mass is 446 g/mol. The molecule has 1 aromatic carbocycles. The average molecular weight is 447 g/mol. The van der Waals surface area contributed by atoms with Gasteiger partial charge in [-0.25, -0.2) is 15.0 Å². The van der Waals surface area contributed by atoms with Gasteiger partial charge in [-0.15, -0.1) is 0 Å². The summed E-state index contributed by atoms with van der Waals surface area (Å²) in [6.45, 7) is 10.1. The van der Waals surface area contributed by atoms with E-state index in [4.69, 9.17) is 14.1 Å². The number of pyridine rings is 1. The molecule has 1 aliphatic heterocycles. The van der Waals surface area contributed by atoms with Crippen molar-refractivity contribution in [3.8, 4) is 0 Å². The van der Waals surface area contributed by atoms with Crippen molar-refractivity contribution in [3.63, 3.8) is 0 Å². The van der Waals surface area contributed by atoms with Crippen LogP contribution < -0.4 is 4.90 Å². The van der Waals surface area contributed by atoms with Gasteiger partial charge in [0.1, 0.15) is 11.8 Å². The van der Waals surface area contributed by atoms with E-state index >= 15 is 0 Å². The molecule has 1 N–H and O–H groups in total. The second-order valence-corrected chi connectivity index (χ2v) is 9.62. The summed E-state index contributed by atoms with van der Waals surface area (Å²) in [6.07, 6.45) is 2.34. The Morgan fingerprint density at radius 2 is 1.91 bits per heavy atom. The molecule has 0 aliphatic carbocycles. The molecule has 0 saturated carbocycles. The minimum absolute atomic E-state index is 0.00916. The lowest BCUT2D eigenvalue weighted by Gasteiger charge is -2.33. The molecule has 4 heterocycles. The third-order valence-electron chi connectivity index (χ3n) is 6.27. The van der Waals surface area contributed by atoms with E-state index in [0.717, 1.165) is 34.1 Å². The summed E-state index contributed by atoms with van der Waals surface area (Å²) < 4.78 is 12.5. The highest BCUT2D eigenvalue weighted by molar-refractivity contribution is 6.06. The number of hydrogen-bond donors (Lipinski definition) is 1. The summed E-state index contributed by atoms with van der Waals surface area (Å²) in [7, 11) is 0. The molecule has 1 aliphatic rings. The third kappa shape index (κ3) is 3.96. The summed E-state index contributed by atoms with van der Waals surface area (Å²) in [5.41, 5.74) is 6.19. The topological polar surface area (TPSA) is 84.5 Å². The molecule has 0 fully saturated rings. The smallest absolute Gasteiger partial charge is 0.229 e. The Hall–Kier alpha value is -3.03. The second kappa shape index (κ2) is 8.39. The fraction of sp³-hybridized carbons (Fsp3) is 0.423. The number of aliphatic hydroxyl groups excluding tert-OH is 1.